The lowest BCUT2D eigenvalue weighted by Crippen LogP contribution is -2.60. The zero-order chi connectivity index (χ0) is 15.2. The molecule has 2 aliphatic heterocycles. The van der Waals surface area contributed by atoms with Crippen LogP contribution in [0.2, 0.25) is 0 Å². The second kappa shape index (κ2) is 4.92. The van der Waals surface area contributed by atoms with Crippen molar-refractivity contribution >= 4 is 27.2 Å². The lowest BCUT2D eigenvalue weighted by atomic mass is 10.0. The van der Waals surface area contributed by atoms with Crippen molar-refractivity contribution < 1.29 is 18.0 Å². The molecule has 1 aromatic carbocycles. The largest absolute Gasteiger partial charge is 0.306 e. The predicted octanol–water partition coefficient (Wildman–Crippen LogP) is -0.00900. The molecular weight excluding hydrogens is 292 g/mol. The van der Waals surface area contributed by atoms with Crippen molar-refractivity contribution in [1.82, 2.24) is 5.32 Å². The molecule has 0 bridgehead atoms. The van der Waals surface area contributed by atoms with Gasteiger partial charge in [0, 0.05) is 17.3 Å². The third-order valence-corrected chi connectivity index (χ3v) is 5.71. The molecule has 0 spiro atoms. The van der Waals surface area contributed by atoms with Gasteiger partial charge in [-0.25, -0.2) is 8.42 Å². The van der Waals surface area contributed by atoms with Gasteiger partial charge >= 0.3 is 0 Å². The quantitative estimate of drug-likeness (QED) is 0.777. The molecule has 1 N–H and O–H groups in total. The van der Waals surface area contributed by atoms with E-state index in [4.69, 9.17) is 0 Å². The number of hydrogen-bond donors (Lipinski definition) is 1. The molecule has 2 unspecified atom stereocenters. The molecule has 0 saturated carbocycles. The number of nitrogens with one attached hydrogen (secondary N) is 1. The fraction of sp³-hybridized carbons (Fsp3) is 0.429. The van der Waals surface area contributed by atoms with Crippen molar-refractivity contribution in [1.29, 1.82) is 0 Å². The lowest BCUT2D eigenvalue weighted by molar-refractivity contribution is -0.119. The molecule has 2 atom stereocenters. The second-order valence-corrected chi connectivity index (χ2v) is 7.65. The van der Waals surface area contributed by atoms with E-state index in [-0.39, 0.29) is 41.8 Å². The first-order valence-corrected chi connectivity index (χ1v) is 8.56. The minimum Gasteiger partial charge on any atom is -0.306 e. The molecule has 0 aromatic heterocycles. The fourth-order valence-corrected chi connectivity index (χ4v) is 4.88. The number of anilines is 1. The van der Waals surface area contributed by atoms with Crippen LogP contribution in [0.25, 0.3) is 0 Å². The van der Waals surface area contributed by atoms with E-state index in [0.717, 1.165) is 0 Å². The van der Waals surface area contributed by atoms with Gasteiger partial charge in [0.15, 0.2) is 15.6 Å². The highest BCUT2D eigenvalue weighted by Crippen LogP contribution is 2.27. The number of nitrogens with zero attached hydrogens (tertiary/aromatic N) is 1. The zero-order valence-corrected chi connectivity index (χ0v) is 12.4. The first-order valence-electron chi connectivity index (χ1n) is 6.74. The van der Waals surface area contributed by atoms with E-state index in [0.29, 0.717) is 11.3 Å². The highest BCUT2D eigenvalue weighted by atomic mass is 32.2. The normalized spacial score (nSPS) is 27.5. The van der Waals surface area contributed by atoms with Crippen LogP contribution in [0.1, 0.15) is 17.3 Å². The van der Waals surface area contributed by atoms with Crippen LogP contribution in [-0.2, 0) is 14.6 Å². The molecule has 2 fully saturated rings. The van der Waals surface area contributed by atoms with Crippen LogP contribution in [-0.4, -0.2) is 50.2 Å². The van der Waals surface area contributed by atoms with E-state index in [1.54, 1.807) is 29.2 Å². The number of rotatable bonds is 2. The molecule has 6 nitrogen and oxygen atoms in total. The van der Waals surface area contributed by atoms with Gasteiger partial charge in [-0.3, -0.25) is 9.59 Å². The Hall–Kier alpha value is -1.73. The Bertz CT molecular complexity index is 696. The van der Waals surface area contributed by atoms with Crippen LogP contribution >= 0.6 is 0 Å². The number of fused-ring (bicyclic) bond motifs is 1. The first kappa shape index (κ1) is 14.2. The third kappa shape index (κ3) is 2.58. The van der Waals surface area contributed by atoms with Crippen molar-refractivity contribution in [3.05, 3.63) is 29.8 Å². The zero-order valence-electron chi connectivity index (χ0n) is 11.6. The summed E-state index contributed by atoms with van der Waals surface area (Å²) in [4.78, 5) is 25.0. The number of piperazine rings is 1. The van der Waals surface area contributed by atoms with Crippen LogP contribution in [0.5, 0.6) is 0 Å². The molecule has 2 saturated heterocycles. The maximum absolute atomic E-state index is 12.2. The van der Waals surface area contributed by atoms with Gasteiger partial charge in [0.25, 0.3) is 0 Å². The molecule has 0 radical (unpaired) electrons. The van der Waals surface area contributed by atoms with Crippen LogP contribution in [0.3, 0.4) is 0 Å². The molecule has 21 heavy (non-hydrogen) atoms. The number of hydrogen-bond acceptors (Lipinski definition) is 5. The van der Waals surface area contributed by atoms with E-state index in [2.05, 4.69) is 5.32 Å². The van der Waals surface area contributed by atoms with Gasteiger partial charge < -0.3 is 10.2 Å². The number of ketones is 1. The van der Waals surface area contributed by atoms with E-state index < -0.39 is 9.84 Å². The summed E-state index contributed by atoms with van der Waals surface area (Å²) < 4.78 is 23.6. The summed E-state index contributed by atoms with van der Waals surface area (Å²) in [7, 11) is -3.13. The summed E-state index contributed by atoms with van der Waals surface area (Å²) in [5, 5.41) is 2.99. The lowest BCUT2D eigenvalue weighted by Gasteiger charge is -2.37. The van der Waals surface area contributed by atoms with Crippen molar-refractivity contribution in [3.63, 3.8) is 0 Å². The Morgan fingerprint density at radius 2 is 1.90 bits per heavy atom. The Labute approximate surface area is 123 Å². The minimum absolute atomic E-state index is 0.0229. The van der Waals surface area contributed by atoms with Crippen LogP contribution in [0, 0.1) is 0 Å². The molecular formula is C14H16N2O4S. The number of carbonyl (C=O) groups excluding carboxylic acids is 2. The van der Waals surface area contributed by atoms with Crippen molar-refractivity contribution in [2.75, 3.05) is 23.0 Å². The monoisotopic (exact) mass is 308 g/mol. The van der Waals surface area contributed by atoms with Gasteiger partial charge in [0.2, 0.25) is 5.91 Å². The number of amides is 1. The summed E-state index contributed by atoms with van der Waals surface area (Å²) in [6, 6.07) is 6.11. The average Bonchev–Trinajstić information content (AvgIpc) is 2.73. The molecule has 2 aliphatic rings. The molecule has 112 valence electrons. The van der Waals surface area contributed by atoms with Crippen molar-refractivity contribution in [2.24, 2.45) is 0 Å². The maximum Gasteiger partial charge on any atom is 0.241 e. The molecule has 7 heteroatoms. The van der Waals surface area contributed by atoms with Gasteiger partial charge in [0.05, 0.1) is 24.1 Å². The van der Waals surface area contributed by atoms with Gasteiger partial charge in [-0.05, 0) is 31.2 Å². The standard InChI is InChI=1S/C14H16N2O4S/c1-9(17)10-2-4-11(5-3-10)16-13-8-21(19,20)7-12(13)15-6-14(16)18/h2-5,12-13,15H,6-8H2,1H3. The second-order valence-electron chi connectivity index (χ2n) is 5.50. The molecule has 3 rings (SSSR count). The highest BCUT2D eigenvalue weighted by molar-refractivity contribution is 7.91. The summed E-state index contributed by atoms with van der Waals surface area (Å²) >= 11 is 0. The Morgan fingerprint density at radius 3 is 2.52 bits per heavy atom. The van der Waals surface area contributed by atoms with E-state index in [9.17, 15) is 18.0 Å². The average molecular weight is 308 g/mol. The van der Waals surface area contributed by atoms with E-state index in [1.807, 2.05) is 0 Å². The van der Waals surface area contributed by atoms with Crippen LogP contribution in [0.4, 0.5) is 5.69 Å². The van der Waals surface area contributed by atoms with Crippen LogP contribution < -0.4 is 10.2 Å². The summed E-state index contributed by atoms with van der Waals surface area (Å²) in [5.74, 6) is -0.156. The Morgan fingerprint density at radius 1 is 1.24 bits per heavy atom. The van der Waals surface area contributed by atoms with Crippen LogP contribution in [0.15, 0.2) is 24.3 Å². The van der Waals surface area contributed by atoms with E-state index >= 15 is 0 Å². The van der Waals surface area contributed by atoms with Gasteiger partial charge in [-0.15, -0.1) is 0 Å². The van der Waals surface area contributed by atoms with E-state index in [1.165, 1.54) is 6.92 Å². The maximum atomic E-state index is 12.2. The molecule has 1 aromatic rings. The molecule has 0 aliphatic carbocycles. The summed E-state index contributed by atoms with van der Waals surface area (Å²) in [6.07, 6.45) is 0. The number of benzene rings is 1. The van der Waals surface area contributed by atoms with Gasteiger partial charge in [-0.1, -0.05) is 0 Å². The molecule has 1 amide bonds. The SMILES string of the molecule is CC(=O)c1ccc(N2C(=O)CNC3CS(=O)(=O)CC32)cc1. The summed E-state index contributed by atoms with van der Waals surface area (Å²) in [5.41, 5.74) is 1.20. The smallest absolute Gasteiger partial charge is 0.241 e. The number of sulfone groups is 1. The van der Waals surface area contributed by atoms with Gasteiger partial charge in [-0.2, -0.15) is 0 Å². The predicted molar refractivity (Wildman–Crippen MR) is 78.2 cm³/mol. The summed E-state index contributed by atoms with van der Waals surface area (Å²) in [6.45, 7) is 1.61. The number of Topliss-reactive ketones (excluding diaryl/α,β-unsaturated/α-hetero) is 1. The third-order valence-electron chi connectivity index (χ3n) is 3.99. The molecule has 2 heterocycles. The van der Waals surface area contributed by atoms with Crippen molar-refractivity contribution in [2.45, 2.75) is 19.0 Å². The van der Waals surface area contributed by atoms with Crippen molar-refractivity contribution in [3.8, 4) is 0 Å². The minimum atomic E-state index is -3.13. The van der Waals surface area contributed by atoms with Gasteiger partial charge in [0.1, 0.15) is 0 Å². The Kier molecular flexibility index (Phi) is 3.33. The first-order chi connectivity index (χ1) is 9.87. The fourth-order valence-electron chi connectivity index (χ4n) is 2.96. The highest BCUT2D eigenvalue weighted by Gasteiger charge is 2.45. The Balaban J connectivity index is 1.95. The number of carbonyl (C=O) groups is 2. The topological polar surface area (TPSA) is 83.6 Å².